The lowest BCUT2D eigenvalue weighted by molar-refractivity contribution is -0.161. The Morgan fingerprint density at radius 3 is 1.69 bits per heavy atom. The van der Waals surface area contributed by atoms with Gasteiger partial charge in [0, 0.05) is 6.08 Å². The van der Waals surface area contributed by atoms with E-state index in [1.54, 1.807) is 0 Å². The van der Waals surface area contributed by atoms with E-state index in [1.165, 1.54) is 70.3 Å². The number of carboxylic acids is 1. The van der Waals surface area contributed by atoms with Crippen molar-refractivity contribution in [3.05, 3.63) is 24.3 Å². The molecule has 0 fully saturated rings. The third kappa shape index (κ3) is 21.6. The van der Waals surface area contributed by atoms with Gasteiger partial charge in [0.05, 0.1) is 0 Å². The molecule has 0 aromatic heterocycles. The number of allylic oxidation sites excluding steroid dienone is 3. The Hall–Kier alpha value is -1.58. The standard InChI is InChI=1S/C28H50O4/c1-3-5-7-9-11-13-15-17-19-21-23-25-27(29)32-26(28(30)31)24-22-20-18-16-14-12-10-8-6-4-2/h10,12,23,25-26H,3-9,11,13-22,24H2,1-2H3,(H,30,31)/b12-10-,25-23?. The van der Waals surface area contributed by atoms with Crippen LogP contribution in [0, 0.1) is 0 Å². The summed E-state index contributed by atoms with van der Waals surface area (Å²) in [6.07, 6.45) is 28.1. The average Bonchev–Trinajstić information content (AvgIpc) is 2.77. The zero-order valence-corrected chi connectivity index (χ0v) is 21.0. The molecule has 0 rings (SSSR count). The maximum atomic E-state index is 11.9. The van der Waals surface area contributed by atoms with Gasteiger partial charge in [0.25, 0.3) is 0 Å². The highest BCUT2D eigenvalue weighted by molar-refractivity contribution is 5.85. The van der Waals surface area contributed by atoms with E-state index in [1.807, 2.05) is 6.08 Å². The molecule has 0 saturated heterocycles. The molecule has 1 atom stereocenters. The Bertz CT molecular complexity index is 496. The molecule has 0 heterocycles. The summed E-state index contributed by atoms with van der Waals surface area (Å²) >= 11 is 0. The van der Waals surface area contributed by atoms with Gasteiger partial charge < -0.3 is 9.84 Å². The van der Waals surface area contributed by atoms with Crippen LogP contribution in [0.4, 0.5) is 0 Å². The lowest BCUT2D eigenvalue weighted by Gasteiger charge is -2.12. The average molecular weight is 451 g/mol. The van der Waals surface area contributed by atoms with Crippen LogP contribution < -0.4 is 0 Å². The maximum absolute atomic E-state index is 11.9. The fourth-order valence-electron chi connectivity index (χ4n) is 3.67. The fraction of sp³-hybridized carbons (Fsp3) is 0.786. The highest BCUT2D eigenvalue weighted by Crippen LogP contribution is 2.12. The van der Waals surface area contributed by atoms with E-state index >= 15 is 0 Å². The SMILES string of the molecule is CCCC/C=C\CCCCCCC(OC(=O)C=CCCCCCCCCCCC)C(=O)O. The largest absolute Gasteiger partial charge is 0.479 e. The molecule has 0 aromatic carbocycles. The molecule has 0 aliphatic carbocycles. The zero-order valence-electron chi connectivity index (χ0n) is 21.0. The predicted octanol–water partition coefficient (Wildman–Crippen LogP) is 8.55. The second kappa shape index (κ2) is 24.1. The number of rotatable bonds is 23. The van der Waals surface area contributed by atoms with Crippen molar-refractivity contribution in [1.82, 2.24) is 0 Å². The van der Waals surface area contributed by atoms with E-state index in [9.17, 15) is 14.7 Å². The van der Waals surface area contributed by atoms with E-state index < -0.39 is 18.0 Å². The molecule has 0 spiro atoms. The van der Waals surface area contributed by atoms with Gasteiger partial charge in [0.15, 0.2) is 6.10 Å². The molecule has 1 unspecified atom stereocenters. The second-order valence-corrected chi connectivity index (χ2v) is 8.89. The third-order valence-electron chi connectivity index (χ3n) is 5.74. The molecule has 0 saturated carbocycles. The number of unbranched alkanes of at least 4 members (excludes halogenated alkanes) is 15. The minimum atomic E-state index is -1.05. The fourth-order valence-corrected chi connectivity index (χ4v) is 3.67. The summed E-state index contributed by atoms with van der Waals surface area (Å²) in [5.41, 5.74) is 0. The van der Waals surface area contributed by atoms with E-state index in [0.717, 1.165) is 51.4 Å². The first-order chi connectivity index (χ1) is 15.6. The highest BCUT2D eigenvalue weighted by atomic mass is 16.6. The van der Waals surface area contributed by atoms with Crippen molar-refractivity contribution < 1.29 is 19.4 Å². The van der Waals surface area contributed by atoms with Gasteiger partial charge in [0.1, 0.15) is 0 Å². The topological polar surface area (TPSA) is 63.6 Å². The van der Waals surface area contributed by atoms with Gasteiger partial charge >= 0.3 is 11.9 Å². The molecule has 0 aliphatic rings. The number of carbonyl (C=O) groups is 2. The molecule has 1 N–H and O–H groups in total. The van der Waals surface area contributed by atoms with E-state index in [2.05, 4.69) is 26.0 Å². The molecule has 4 heteroatoms. The number of carboxylic acid groups (broad SMARTS) is 1. The summed E-state index contributed by atoms with van der Waals surface area (Å²) in [4.78, 5) is 23.3. The molecule has 186 valence electrons. The minimum Gasteiger partial charge on any atom is -0.479 e. The van der Waals surface area contributed by atoms with Gasteiger partial charge in [0.2, 0.25) is 0 Å². The Labute approximate surface area is 197 Å². The molecule has 4 nitrogen and oxygen atoms in total. The van der Waals surface area contributed by atoms with Gasteiger partial charge in [-0.3, -0.25) is 0 Å². The van der Waals surface area contributed by atoms with Crippen LogP contribution in [0.1, 0.15) is 136 Å². The lowest BCUT2D eigenvalue weighted by atomic mass is 10.1. The molecular formula is C28H50O4. The van der Waals surface area contributed by atoms with E-state index in [-0.39, 0.29) is 0 Å². The number of hydrogen-bond acceptors (Lipinski definition) is 3. The van der Waals surface area contributed by atoms with E-state index in [4.69, 9.17) is 4.74 Å². The predicted molar refractivity (Wildman–Crippen MR) is 135 cm³/mol. The Kier molecular flexibility index (Phi) is 22.9. The van der Waals surface area contributed by atoms with Crippen LogP contribution in [0.15, 0.2) is 24.3 Å². The first kappa shape index (κ1) is 30.4. The monoisotopic (exact) mass is 450 g/mol. The summed E-state index contributed by atoms with van der Waals surface area (Å²) in [6.45, 7) is 4.44. The number of carbonyl (C=O) groups excluding carboxylic acids is 1. The van der Waals surface area contributed by atoms with Crippen LogP contribution >= 0.6 is 0 Å². The molecule has 0 aliphatic heterocycles. The van der Waals surface area contributed by atoms with Crippen molar-refractivity contribution in [2.24, 2.45) is 0 Å². The van der Waals surface area contributed by atoms with Crippen molar-refractivity contribution in [2.45, 2.75) is 142 Å². The van der Waals surface area contributed by atoms with Gasteiger partial charge in [-0.2, -0.15) is 0 Å². The zero-order chi connectivity index (χ0) is 23.7. The van der Waals surface area contributed by atoms with Crippen molar-refractivity contribution >= 4 is 11.9 Å². The number of esters is 1. The quantitative estimate of drug-likeness (QED) is 0.0733. The first-order valence-electron chi connectivity index (χ1n) is 13.4. The second-order valence-electron chi connectivity index (χ2n) is 8.89. The highest BCUT2D eigenvalue weighted by Gasteiger charge is 2.20. The van der Waals surface area contributed by atoms with E-state index in [0.29, 0.717) is 6.42 Å². The maximum Gasteiger partial charge on any atom is 0.345 e. The van der Waals surface area contributed by atoms with Crippen LogP contribution in [-0.4, -0.2) is 23.1 Å². The molecular weight excluding hydrogens is 400 g/mol. The Morgan fingerprint density at radius 2 is 1.12 bits per heavy atom. The molecule has 0 aromatic rings. The van der Waals surface area contributed by atoms with Crippen LogP contribution in [0.25, 0.3) is 0 Å². The summed E-state index contributed by atoms with van der Waals surface area (Å²) in [5.74, 6) is -1.59. The smallest absolute Gasteiger partial charge is 0.345 e. The van der Waals surface area contributed by atoms with Crippen LogP contribution in [0.3, 0.4) is 0 Å². The van der Waals surface area contributed by atoms with Crippen LogP contribution in [0.5, 0.6) is 0 Å². The van der Waals surface area contributed by atoms with Gasteiger partial charge in [-0.15, -0.1) is 0 Å². The molecule has 32 heavy (non-hydrogen) atoms. The van der Waals surface area contributed by atoms with Gasteiger partial charge in [-0.1, -0.05) is 109 Å². The third-order valence-corrected chi connectivity index (χ3v) is 5.74. The van der Waals surface area contributed by atoms with Gasteiger partial charge in [-0.05, 0) is 44.9 Å². The molecule has 0 bridgehead atoms. The van der Waals surface area contributed by atoms with Crippen molar-refractivity contribution in [1.29, 1.82) is 0 Å². The summed E-state index contributed by atoms with van der Waals surface area (Å²) in [7, 11) is 0. The van der Waals surface area contributed by atoms with Crippen LogP contribution in [0.2, 0.25) is 0 Å². The van der Waals surface area contributed by atoms with Gasteiger partial charge in [-0.25, -0.2) is 9.59 Å². The molecule has 0 amide bonds. The summed E-state index contributed by atoms with van der Waals surface area (Å²) in [6, 6.07) is 0. The molecule has 0 radical (unpaired) electrons. The Morgan fingerprint density at radius 1 is 0.656 bits per heavy atom. The number of hydrogen-bond donors (Lipinski definition) is 1. The van der Waals surface area contributed by atoms with Crippen molar-refractivity contribution in [3.8, 4) is 0 Å². The normalized spacial score (nSPS) is 12.6. The van der Waals surface area contributed by atoms with Crippen LogP contribution in [-0.2, 0) is 14.3 Å². The summed E-state index contributed by atoms with van der Waals surface area (Å²) in [5, 5.41) is 9.32. The minimum absolute atomic E-state index is 0.388. The lowest BCUT2D eigenvalue weighted by Crippen LogP contribution is -2.26. The Balaban J connectivity index is 3.76. The van der Waals surface area contributed by atoms with Crippen molar-refractivity contribution in [2.75, 3.05) is 0 Å². The van der Waals surface area contributed by atoms with Crippen molar-refractivity contribution in [3.63, 3.8) is 0 Å². The number of ether oxygens (including phenoxy) is 1. The number of aliphatic carboxylic acids is 1. The summed E-state index contributed by atoms with van der Waals surface area (Å²) < 4.78 is 5.15. The first-order valence-corrected chi connectivity index (χ1v) is 13.4.